The van der Waals surface area contributed by atoms with Crippen LogP contribution in [0.4, 0.5) is 4.39 Å². The fraction of sp³-hybridized carbons (Fsp3) is 0.538. The number of halogens is 1. The summed E-state index contributed by atoms with van der Waals surface area (Å²) < 4.78 is 35.7. The normalized spacial score (nSPS) is 46.1. The van der Waals surface area contributed by atoms with Crippen molar-refractivity contribution in [3.8, 4) is 0 Å². The Morgan fingerprint density at radius 2 is 1.78 bits per heavy atom. The minimum absolute atomic E-state index is 0.280. The predicted octanol–water partition coefficient (Wildman–Crippen LogP) is 1.77. The highest BCUT2D eigenvalue weighted by molar-refractivity contribution is 5.17. The molecule has 2 bridgehead atoms. The highest BCUT2D eigenvalue weighted by Gasteiger charge is 2.57. The molecular formula is C13H13FO4. The largest absolute Gasteiger partial charge is 0.349 e. The average molecular weight is 252 g/mol. The molecule has 18 heavy (non-hydrogen) atoms. The minimum atomic E-state index is -1.32. The van der Waals surface area contributed by atoms with Crippen molar-refractivity contribution in [2.75, 3.05) is 6.61 Å². The number of hydrogen-bond donors (Lipinski definition) is 0. The van der Waals surface area contributed by atoms with Crippen molar-refractivity contribution in [3.05, 3.63) is 35.9 Å². The molecular weight excluding hydrogens is 239 g/mol. The second-order valence-electron chi connectivity index (χ2n) is 4.80. The van der Waals surface area contributed by atoms with Crippen LogP contribution in [0.15, 0.2) is 30.3 Å². The van der Waals surface area contributed by atoms with Gasteiger partial charge in [0.2, 0.25) is 6.36 Å². The molecule has 4 fully saturated rings. The number of alkyl halides is 1. The Balaban J connectivity index is 1.60. The molecule has 0 amide bonds. The lowest BCUT2D eigenvalue weighted by atomic mass is 9.93. The van der Waals surface area contributed by atoms with E-state index in [0.717, 1.165) is 5.56 Å². The van der Waals surface area contributed by atoms with Crippen molar-refractivity contribution in [1.29, 1.82) is 0 Å². The Morgan fingerprint density at radius 3 is 2.56 bits per heavy atom. The van der Waals surface area contributed by atoms with Crippen molar-refractivity contribution < 1.29 is 23.3 Å². The third-order valence-corrected chi connectivity index (χ3v) is 3.70. The van der Waals surface area contributed by atoms with E-state index in [2.05, 4.69) is 0 Å². The van der Waals surface area contributed by atoms with E-state index in [-0.39, 0.29) is 12.2 Å². The highest BCUT2D eigenvalue weighted by Crippen LogP contribution is 2.45. The molecule has 4 aliphatic heterocycles. The van der Waals surface area contributed by atoms with Crippen molar-refractivity contribution in [2.24, 2.45) is 5.92 Å². The van der Waals surface area contributed by atoms with Gasteiger partial charge in [0, 0.05) is 5.56 Å². The summed E-state index contributed by atoms with van der Waals surface area (Å²) in [5, 5.41) is 0. The number of hydrogen-bond acceptors (Lipinski definition) is 4. The van der Waals surface area contributed by atoms with Gasteiger partial charge >= 0.3 is 0 Å². The van der Waals surface area contributed by atoms with Crippen LogP contribution >= 0.6 is 0 Å². The van der Waals surface area contributed by atoms with Gasteiger partial charge in [0.05, 0.1) is 12.5 Å². The molecule has 0 radical (unpaired) electrons. The molecule has 5 heteroatoms. The van der Waals surface area contributed by atoms with Crippen LogP contribution in [0.5, 0.6) is 0 Å². The molecule has 4 nitrogen and oxygen atoms in total. The fourth-order valence-corrected chi connectivity index (χ4v) is 2.77. The van der Waals surface area contributed by atoms with Gasteiger partial charge in [-0.1, -0.05) is 30.3 Å². The van der Waals surface area contributed by atoms with Gasteiger partial charge in [-0.2, -0.15) is 0 Å². The lowest BCUT2D eigenvalue weighted by Crippen LogP contribution is -2.59. The van der Waals surface area contributed by atoms with E-state index in [9.17, 15) is 4.39 Å². The van der Waals surface area contributed by atoms with Crippen LogP contribution in [0.1, 0.15) is 11.9 Å². The first-order valence-corrected chi connectivity index (χ1v) is 6.10. The first kappa shape index (κ1) is 10.9. The van der Waals surface area contributed by atoms with Crippen LogP contribution in [-0.2, 0) is 18.9 Å². The molecule has 1 aromatic rings. The van der Waals surface area contributed by atoms with Gasteiger partial charge in [0.25, 0.3) is 0 Å². The number of rotatable bonds is 1. The standard InChI is InChI=1S/C13H13FO4/c14-11-8-6-15-13(18-11)10-9(8)16-12(17-10)7-4-2-1-3-5-7/h1-5,8-13H,6H2/t8-,9+,10+,11-,12-,13-/m1/s1. The molecule has 0 aliphatic carbocycles. The maximum absolute atomic E-state index is 13.6. The lowest BCUT2D eigenvalue weighted by Gasteiger charge is -2.44. The molecule has 0 aromatic heterocycles. The van der Waals surface area contributed by atoms with Crippen LogP contribution in [-0.4, -0.2) is 31.5 Å². The molecule has 0 spiro atoms. The maximum Gasteiger partial charge on any atom is 0.209 e. The molecule has 96 valence electrons. The average Bonchev–Trinajstić information content (AvgIpc) is 2.87. The van der Waals surface area contributed by atoms with E-state index in [1.807, 2.05) is 30.3 Å². The van der Waals surface area contributed by atoms with E-state index in [4.69, 9.17) is 18.9 Å². The number of ether oxygens (including phenoxy) is 4. The quantitative estimate of drug-likeness (QED) is 0.763. The summed E-state index contributed by atoms with van der Waals surface area (Å²) in [5.74, 6) is -0.395. The Kier molecular flexibility index (Phi) is 2.41. The van der Waals surface area contributed by atoms with Gasteiger partial charge in [-0.3, -0.25) is 0 Å². The number of benzene rings is 1. The summed E-state index contributed by atoms with van der Waals surface area (Å²) in [6.45, 7) is 0.331. The van der Waals surface area contributed by atoms with Crippen LogP contribution in [0, 0.1) is 5.92 Å². The van der Waals surface area contributed by atoms with Crippen molar-refractivity contribution in [1.82, 2.24) is 0 Å². The zero-order valence-electron chi connectivity index (χ0n) is 9.57. The van der Waals surface area contributed by atoms with Crippen LogP contribution < -0.4 is 0 Å². The summed E-state index contributed by atoms with van der Waals surface area (Å²) >= 11 is 0. The molecule has 0 N–H and O–H groups in total. The minimum Gasteiger partial charge on any atom is -0.349 e. The fourth-order valence-electron chi connectivity index (χ4n) is 2.77. The molecule has 4 saturated heterocycles. The van der Waals surface area contributed by atoms with Crippen LogP contribution in [0.2, 0.25) is 0 Å². The molecule has 1 aromatic carbocycles. The zero-order chi connectivity index (χ0) is 12.1. The zero-order valence-corrected chi connectivity index (χ0v) is 9.57. The summed E-state index contributed by atoms with van der Waals surface area (Å²) in [5.41, 5.74) is 0.932. The van der Waals surface area contributed by atoms with Gasteiger partial charge in [-0.25, -0.2) is 4.39 Å². The van der Waals surface area contributed by atoms with E-state index in [0.29, 0.717) is 6.61 Å². The van der Waals surface area contributed by atoms with Crippen LogP contribution in [0.3, 0.4) is 0 Å². The van der Waals surface area contributed by atoms with Gasteiger partial charge in [0.1, 0.15) is 12.2 Å². The van der Waals surface area contributed by atoms with Gasteiger partial charge < -0.3 is 18.9 Å². The Bertz CT molecular complexity index is 440. The second kappa shape index (κ2) is 3.99. The highest BCUT2D eigenvalue weighted by atomic mass is 19.1. The first-order valence-electron chi connectivity index (χ1n) is 6.10. The Labute approximate surface area is 104 Å². The maximum atomic E-state index is 13.6. The Hall–Kier alpha value is -1.01. The summed E-state index contributed by atoms with van der Waals surface area (Å²) in [6.07, 6.45) is -3.03. The topological polar surface area (TPSA) is 36.9 Å². The summed E-state index contributed by atoms with van der Waals surface area (Å²) in [4.78, 5) is 0. The van der Waals surface area contributed by atoms with Crippen molar-refractivity contribution in [2.45, 2.75) is 31.1 Å². The SMILES string of the molecule is F[C@@H]1O[C@H]2OC[C@@H]1[C@@H]1O[C@@H](c3ccccc3)O[C@H]21. The first-order chi connectivity index (χ1) is 8.83. The smallest absolute Gasteiger partial charge is 0.209 e. The van der Waals surface area contributed by atoms with E-state index in [1.165, 1.54) is 0 Å². The summed E-state index contributed by atoms with van der Waals surface area (Å²) in [7, 11) is 0. The molecule has 5 rings (SSSR count). The van der Waals surface area contributed by atoms with Gasteiger partial charge in [0.15, 0.2) is 12.6 Å². The molecule has 0 saturated carbocycles. The van der Waals surface area contributed by atoms with Gasteiger partial charge in [-0.15, -0.1) is 0 Å². The Morgan fingerprint density at radius 1 is 1.00 bits per heavy atom. The molecule has 0 unspecified atom stereocenters. The summed E-state index contributed by atoms with van der Waals surface area (Å²) in [6, 6.07) is 9.63. The number of fused-ring (bicyclic) bond motifs is 2. The second-order valence-corrected chi connectivity index (χ2v) is 4.80. The van der Waals surface area contributed by atoms with Gasteiger partial charge in [-0.05, 0) is 0 Å². The monoisotopic (exact) mass is 252 g/mol. The van der Waals surface area contributed by atoms with E-state index < -0.39 is 24.9 Å². The molecule has 4 heterocycles. The van der Waals surface area contributed by atoms with E-state index >= 15 is 0 Å². The third-order valence-electron chi connectivity index (χ3n) is 3.70. The van der Waals surface area contributed by atoms with Crippen molar-refractivity contribution >= 4 is 0 Å². The van der Waals surface area contributed by atoms with Crippen molar-refractivity contribution in [3.63, 3.8) is 0 Å². The molecule has 4 aliphatic rings. The van der Waals surface area contributed by atoms with E-state index in [1.54, 1.807) is 0 Å². The van der Waals surface area contributed by atoms with Crippen LogP contribution in [0.25, 0.3) is 0 Å². The predicted molar refractivity (Wildman–Crippen MR) is 58.1 cm³/mol. The molecule has 6 atom stereocenters. The third kappa shape index (κ3) is 1.52. The lowest BCUT2D eigenvalue weighted by molar-refractivity contribution is -0.344.